The van der Waals surface area contributed by atoms with E-state index >= 15 is 0 Å². The maximum atomic E-state index is 12.2. The van der Waals surface area contributed by atoms with Crippen molar-refractivity contribution in [2.24, 2.45) is 5.92 Å². The van der Waals surface area contributed by atoms with Gasteiger partial charge in [-0.05, 0) is 24.5 Å². The van der Waals surface area contributed by atoms with Gasteiger partial charge < -0.3 is 9.84 Å². The van der Waals surface area contributed by atoms with E-state index in [0.717, 1.165) is 18.2 Å². The highest BCUT2D eigenvalue weighted by Gasteiger charge is 2.32. The average Bonchev–Trinajstić information content (AvgIpc) is 2.35. The van der Waals surface area contributed by atoms with Crippen LogP contribution in [-0.4, -0.2) is 31.9 Å². The number of benzene rings is 1. The maximum absolute atomic E-state index is 12.2. The first-order valence-corrected chi connectivity index (χ1v) is 8.00. The van der Waals surface area contributed by atoms with Crippen LogP contribution in [0.4, 0.5) is 13.2 Å². The first-order chi connectivity index (χ1) is 10.4. The summed E-state index contributed by atoms with van der Waals surface area (Å²) in [7, 11) is -4.31. The van der Waals surface area contributed by atoms with Crippen molar-refractivity contribution in [1.29, 1.82) is 0 Å². The Morgan fingerprint density at radius 3 is 2.43 bits per heavy atom. The van der Waals surface area contributed by atoms with E-state index in [1.54, 1.807) is 13.8 Å². The molecule has 0 unspecified atom stereocenters. The van der Waals surface area contributed by atoms with Crippen LogP contribution in [0.25, 0.3) is 0 Å². The molecule has 0 spiro atoms. The van der Waals surface area contributed by atoms with Crippen molar-refractivity contribution in [3.05, 3.63) is 24.3 Å². The summed E-state index contributed by atoms with van der Waals surface area (Å²) in [5.41, 5.74) is 0. The van der Waals surface area contributed by atoms with E-state index in [1.165, 1.54) is 0 Å². The van der Waals surface area contributed by atoms with Gasteiger partial charge in [0, 0.05) is 6.07 Å². The fraction of sp³-hybridized carbons (Fsp3) is 0.462. The lowest BCUT2D eigenvalue weighted by Crippen LogP contribution is -2.41. The van der Waals surface area contributed by atoms with Crippen molar-refractivity contribution in [1.82, 2.24) is 4.72 Å². The van der Waals surface area contributed by atoms with Crippen LogP contribution in [0.2, 0.25) is 0 Å². The van der Waals surface area contributed by atoms with Gasteiger partial charge in [-0.15, -0.1) is 13.2 Å². The molecule has 1 rings (SSSR count). The third kappa shape index (κ3) is 6.45. The Bertz CT molecular complexity index is 658. The van der Waals surface area contributed by atoms with E-state index in [2.05, 4.69) is 4.74 Å². The van der Waals surface area contributed by atoms with E-state index in [1.807, 2.05) is 4.72 Å². The minimum absolute atomic E-state index is 0.0350. The zero-order valence-electron chi connectivity index (χ0n) is 12.3. The first-order valence-electron chi connectivity index (χ1n) is 6.51. The molecule has 0 heterocycles. The zero-order chi connectivity index (χ0) is 17.8. The Morgan fingerprint density at radius 2 is 1.96 bits per heavy atom. The van der Waals surface area contributed by atoms with Gasteiger partial charge in [0.15, 0.2) is 0 Å². The number of carbonyl (C=O) groups is 1. The molecule has 0 bridgehead atoms. The Hall–Kier alpha value is -1.81. The van der Waals surface area contributed by atoms with Gasteiger partial charge in [-0.25, -0.2) is 8.42 Å². The smallest absolute Gasteiger partial charge is 0.480 e. The predicted molar refractivity (Wildman–Crippen MR) is 74.3 cm³/mol. The third-order valence-electron chi connectivity index (χ3n) is 2.65. The molecule has 1 aromatic rings. The first kappa shape index (κ1) is 19.2. The molecule has 1 atom stereocenters. The molecular formula is C13H16F3NO5S. The SMILES string of the molecule is CC(C)C[C@H](NS(=O)(=O)c1cccc(OC(F)(F)F)c1)C(=O)O. The molecule has 0 aliphatic rings. The molecule has 6 nitrogen and oxygen atoms in total. The van der Waals surface area contributed by atoms with E-state index in [9.17, 15) is 26.4 Å². The molecule has 23 heavy (non-hydrogen) atoms. The number of rotatable bonds is 7. The summed E-state index contributed by atoms with van der Waals surface area (Å²) in [4.78, 5) is 10.6. The molecule has 0 saturated carbocycles. The maximum Gasteiger partial charge on any atom is 0.573 e. The van der Waals surface area contributed by atoms with Gasteiger partial charge in [-0.3, -0.25) is 4.79 Å². The number of carboxylic acids is 1. The lowest BCUT2D eigenvalue weighted by Gasteiger charge is -2.17. The second-order valence-corrected chi connectivity index (χ2v) is 6.88. The molecular weight excluding hydrogens is 339 g/mol. The summed E-state index contributed by atoms with van der Waals surface area (Å²) in [5.74, 6) is -2.18. The highest BCUT2D eigenvalue weighted by atomic mass is 32.2. The molecule has 2 N–H and O–H groups in total. The number of hydrogen-bond acceptors (Lipinski definition) is 4. The molecule has 0 fully saturated rings. The Kier molecular flexibility index (Phi) is 6.00. The predicted octanol–water partition coefficient (Wildman–Crippen LogP) is 2.36. The average molecular weight is 355 g/mol. The summed E-state index contributed by atoms with van der Waals surface area (Å²) in [6, 6.07) is 2.33. The van der Waals surface area contributed by atoms with E-state index in [-0.39, 0.29) is 12.3 Å². The third-order valence-corrected chi connectivity index (χ3v) is 4.12. The number of nitrogens with one attached hydrogen (secondary N) is 1. The van der Waals surface area contributed by atoms with Crippen LogP contribution in [-0.2, 0) is 14.8 Å². The highest BCUT2D eigenvalue weighted by Crippen LogP contribution is 2.25. The van der Waals surface area contributed by atoms with Crippen molar-refractivity contribution in [2.45, 2.75) is 37.6 Å². The topological polar surface area (TPSA) is 92.7 Å². The van der Waals surface area contributed by atoms with Gasteiger partial charge in [0.1, 0.15) is 11.8 Å². The normalized spacial score (nSPS) is 13.8. The van der Waals surface area contributed by atoms with Crippen LogP contribution in [0.5, 0.6) is 5.75 Å². The minimum Gasteiger partial charge on any atom is -0.480 e. The molecule has 10 heteroatoms. The molecule has 0 aliphatic carbocycles. The van der Waals surface area contributed by atoms with Crippen molar-refractivity contribution in [2.75, 3.05) is 0 Å². The second kappa shape index (κ2) is 7.18. The quantitative estimate of drug-likeness (QED) is 0.783. The van der Waals surface area contributed by atoms with E-state index in [0.29, 0.717) is 6.07 Å². The molecule has 0 radical (unpaired) electrons. The second-order valence-electron chi connectivity index (χ2n) is 5.16. The number of sulfonamides is 1. The number of hydrogen-bond donors (Lipinski definition) is 2. The number of ether oxygens (including phenoxy) is 1. The van der Waals surface area contributed by atoms with Crippen molar-refractivity contribution >= 4 is 16.0 Å². The Labute approximate surface area is 131 Å². The monoisotopic (exact) mass is 355 g/mol. The van der Waals surface area contributed by atoms with E-state index in [4.69, 9.17) is 5.11 Å². The Balaban J connectivity index is 3.03. The number of alkyl halides is 3. The summed E-state index contributed by atoms with van der Waals surface area (Å²) in [6.07, 6.45) is -4.93. The summed E-state index contributed by atoms with van der Waals surface area (Å²) < 4.78 is 66.4. The summed E-state index contributed by atoms with van der Waals surface area (Å²) in [6.45, 7) is 3.42. The zero-order valence-corrected chi connectivity index (χ0v) is 13.1. The summed E-state index contributed by atoms with van der Waals surface area (Å²) in [5, 5.41) is 9.04. The standard InChI is InChI=1S/C13H16F3NO5S/c1-8(2)6-11(12(18)19)17-23(20,21)10-5-3-4-9(7-10)22-13(14,15)16/h3-5,7-8,11,17H,6H2,1-2H3,(H,18,19)/t11-/m0/s1. The van der Waals surface area contributed by atoms with Gasteiger partial charge in [0.25, 0.3) is 0 Å². The summed E-state index contributed by atoms with van der Waals surface area (Å²) >= 11 is 0. The fourth-order valence-corrected chi connectivity index (χ4v) is 3.00. The molecule has 1 aromatic carbocycles. The Morgan fingerprint density at radius 1 is 1.35 bits per heavy atom. The van der Waals surface area contributed by atoms with Gasteiger partial charge in [-0.2, -0.15) is 4.72 Å². The van der Waals surface area contributed by atoms with Crippen LogP contribution in [0.1, 0.15) is 20.3 Å². The molecule has 0 amide bonds. The molecule has 130 valence electrons. The van der Waals surface area contributed by atoms with Crippen LogP contribution in [0.15, 0.2) is 29.2 Å². The molecule has 0 aliphatic heterocycles. The van der Waals surface area contributed by atoms with Crippen molar-refractivity contribution in [3.8, 4) is 5.75 Å². The fourth-order valence-electron chi connectivity index (χ4n) is 1.76. The number of aliphatic carboxylic acids is 1. The van der Waals surface area contributed by atoms with Gasteiger partial charge in [0.05, 0.1) is 4.90 Å². The molecule has 0 aromatic heterocycles. The van der Waals surface area contributed by atoms with Crippen LogP contribution in [0, 0.1) is 5.92 Å². The van der Waals surface area contributed by atoms with Crippen LogP contribution < -0.4 is 9.46 Å². The lowest BCUT2D eigenvalue weighted by atomic mass is 10.1. The van der Waals surface area contributed by atoms with Gasteiger partial charge in [-0.1, -0.05) is 19.9 Å². The largest absolute Gasteiger partial charge is 0.573 e. The number of carboxylic acid groups (broad SMARTS) is 1. The van der Waals surface area contributed by atoms with Crippen LogP contribution >= 0.6 is 0 Å². The lowest BCUT2D eigenvalue weighted by molar-refractivity contribution is -0.274. The van der Waals surface area contributed by atoms with E-state index < -0.39 is 39.0 Å². The molecule has 0 saturated heterocycles. The van der Waals surface area contributed by atoms with Crippen molar-refractivity contribution < 1.29 is 36.2 Å². The van der Waals surface area contributed by atoms with Crippen molar-refractivity contribution in [3.63, 3.8) is 0 Å². The number of halogens is 3. The van der Waals surface area contributed by atoms with Crippen LogP contribution in [0.3, 0.4) is 0 Å². The highest BCUT2D eigenvalue weighted by molar-refractivity contribution is 7.89. The van der Waals surface area contributed by atoms with Gasteiger partial charge in [0.2, 0.25) is 10.0 Å². The van der Waals surface area contributed by atoms with Gasteiger partial charge >= 0.3 is 12.3 Å². The minimum atomic E-state index is -4.96.